The van der Waals surface area contributed by atoms with E-state index >= 15 is 0 Å². The lowest BCUT2D eigenvalue weighted by atomic mass is 10.2. The highest BCUT2D eigenvalue weighted by atomic mass is 35.5. The third-order valence-electron chi connectivity index (χ3n) is 3.16. The minimum absolute atomic E-state index is 0.108. The lowest BCUT2D eigenvalue weighted by molar-refractivity contribution is -0.384. The molecule has 0 aliphatic carbocycles. The Kier molecular flexibility index (Phi) is 6.05. The predicted octanol–water partition coefficient (Wildman–Crippen LogP) is 4.38. The number of nitrogens with zero attached hydrogens (tertiary/aromatic N) is 1. The maximum absolute atomic E-state index is 12.4. The van der Waals surface area contributed by atoms with Crippen LogP contribution in [0.3, 0.4) is 0 Å². The second kappa shape index (κ2) is 8.03. The Hall–Kier alpha value is -2.25. The number of carbonyl (C=O) groups is 1. The summed E-state index contributed by atoms with van der Waals surface area (Å²) in [5.41, 5.74) is 0.267. The number of hydrogen-bond donors (Lipinski definition) is 1. The summed E-state index contributed by atoms with van der Waals surface area (Å²) in [5, 5.41) is 13.7. The predicted molar refractivity (Wildman–Crippen MR) is 95.0 cm³/mol. The van der Waals surface area contributed by atoms with Crippen molar-refractivity contribution in [2.24, 2.45) is 0 Å². The van der Waals surface area contributed by atoms with Crippen LogP contribution in [0.4, 0.5) is 11.4 Å². The van der Waals surface area contributed by atoms with E-state index < -0.39 is 10.2 Å². The van der Waals surface area contributed by atoms with Gasteiger partial charge in [-0.3, -0.25) is 14.9 Å². The third kappa shape index (κ3) is 4.39. The fraction of sp³-hybridized carbons (Fsp3) is 0.188. The number of nitro groups is 1. The number of anilines is 1. The number of carbonyl (C=O) groups excluding carboxylic acids is 1. The van der Waals surface area contributed by atoms with E-state index in [1.807, 2.05) is 18.2 Å². The molecule has 8 heteroatoms. The van der Waals surface area contributed by atoms with E-state index in [-0.39, 0.29) is 17.3 Å². The number of thioether (sulfide) groups is 1. The standard InChI is InChI=1S/C16H15ClN2O4S/c1-10(24-15-6-4-3-5-12(15)17)16(20)18-13-8-7-11(19(21)22)9-14(13)23-2/h3-10H,1-2H3,(H,18,20)/t10-/m0/s1. The van der Waals surface area contributed by atoms with Crippen molar-refractivity contribution in [2.45, 2.75) is 17.1 Å². The maximum Gasteiger partial charge on any atom is 0.273 e. The molecule has 1 amide bonds. The quantitative estimate of drug-likeness (QED) is 0.466. The van der Waals surface area contributed by atoms with E-state index in [2.05, 4.69) is 5.32 Å². The number of ether oxygens (including phenoxy) is 1. The van der Waals surface area contributed by atoms with Gasteiger partial charge in [0.05, 0.1) is 34.1 Å². The Morgan fingerprint density at radius 2 is 2.04 bits per heavy atom. The molecule has 24 heavy (non-hydrogen) atoms. The lowest BCUT2D eigenvalue weighted by Crippen LogP contribution is -2.22. The number of halogens is 1. The summed E-state index contributed by atoms with van der Waals surface area (Å²) in [4.78, 5) is 23.4. The Morgan fingerprint density at radius 3 is 2.67 bits per heavy atom. The van der Waals surface area contributed by atoms with Crippen molar-refractivity contribution in [2.75, 3.05) is 12.4 Å². The van der Waals surface area contributed by atoms with E-state index in [9.17, 15) is 14.9 Å². The summed E-state index contributed by atoms with van der Waals surface area (Å²) < 4.78 is 5.11. The number of hydrogen-bond acceptors (Lipinski definition) is 5. The summed E-state index contributed by atoms with van der Waals surface area (Å²) in [6, 6.07) is 11.3. The van der Waals surface area contributed by atoms with Crippen molar-refractivity contribution in [1.29, 1.82) is 0 Å². The molecule has 0 bridgehead atoms. The third-order valence-corrected chi connectivity index (χ3v) is 4.78. The van der Waals surface area contributed by atoms with Crippen molar-refractivity contribution in [3.05, 3.63) is 57.6 Å². The van der Waals surface area contributed by atoms with E-state index in [1.165, 1.54) is 37.1 Å². The summed E-state index contributed by atoms with van der Waals surface area (Å²) in [6.45, 7) is 1.75. The number of nitrogens with one attached hydrogen (secondary N) is 1. The average Bonchev–Trinajstić information content (AvgIpc) is 2.56. The monoisotopic (exact) mass is 366 g/mol. The van der Waals surface area contributed by atoms with Gasteiger partial charge in [0, 0.05) is 11.0 Å². The molecule has 0 aliphatic rings. The van der Waals surface area contributed by atoms with E-state index in [1.54, 1.807) is 13.0 Å². The molecule has 0 saturated carbocycles. The van der Waals surface area contributed by atoms with Crippen molar-refractivity contribution in [1.82, 2.24) is 0 Å². The smallest absolute Gasteiger partial charge is 0.273 e. The first-order valence-corrected chi connectivity index (χ1v) is 8.22. The summed E-state index contributed by atoms with van der Waals surface area (Å²) in [5.74, 6) is -0.0282. The highest BCUT2D eigenvalue weighted by Gasteiger charge is 2.19. The van der Waals surface area contributed by atoms with Crippen molar-refractivity contribution in [3.8, 4) is 5.75 Å². The van der Waals surface area contributed by atoms with Gasteiger partial charge in [-0.15, -0.1) is 11.8 Å². The molecule has 0 aliphatic heterocycles. The second-order valence-corrected chi connectivity index (χ2v) is 6.61. The van der Waals surface area contributed by atoms with Gasteiger partial charge in [-0.1, -0.05) is 23.7 Å². The van der Waals surface area contributed by atoms with Crippen molar-refractivity contribution in [3.63, 3.8) is 0 Å². The van der Waals surface area contributed by atoms with Crippen LogP contribution in [0, 0.1) is 10.1 Å². The molecule has 0 saturated heterocycles. The van der Waals surface area contributed by atoms with E-state index in [4.69, 9.17) is 16.3 Å². The van der Waals surface area contributed by atoms with Crippen LogP contribution >= 0.6 is 23.4 Å². The number of non-ortho nitro benzene ring substituents is 1. The van der Waals surface area contributed by atoms with Gasteiger partial charge in [0.15, 0.2) is 0 Å². The van der Waals surface area contributed by atoms with Crippen LogP contribution in [0.2, 0.25) is 5.02 Å². The number of amides is 1. The van der Waals surface area contributed by atoms with Gasteiger partial charge >= 0.3 is 0 Å². The number of rotatable bonds is 6. The molecule has 0 fully saturated rings. The van der Waals surface area contributed by atoms with Crippen molar-refractivity contribution < 1.29 is 14.5 Å². The van der Waals surface area contributed by atoms with Gasteiger partial charge in [-0.25, -0.2) is 0 Å². The maximum atomic E-state index is 12.4. The Morgan fingerprint density at radius 1 is 1.33 bits per heavy atom. The van der Waals surface area contributed by atoms with Crippen LogP contribution in [-0.4, -0.2) is 23.2 Å². The second-order valence-electron chi connectivity index (χ2n) is 4.82. The first-order chi connectivity index (χ1) is 11.4. The molecule has 0 unspecified atom stereocenters. The normalized spacial score (nSPS) is 11.6. The van der Waals surface area contributed by atoms with Gasteiger partial charge in [-0.2, -0.15) is 0 Å². The summed E-state index contributed by atoms with van der Waals surface area (Å²) in [7, 11) is 1.39. The molecule has 2 rings (SSSR count). The van der Waals surface area contributed by atoms with Gasteiger partial charge < -0.3 is 10.1 Å². The molecule has 2 aromatic carbocycles. The molecule has 0 spiro atoms. The van der Waals surface area contributed by atoms with Crippen LogP contribution in [0.15, 0.2) is 47.4 Å². The molecular weight excluding hydrogens is 352 g/mol. The summed E-state index contributed by atoms with van der Waals surface area (Å²) >= 11 is 7.42. The lowest BCUT2D eigenvalue weighted by Gasteiger charge is -2.14. The van der Waals surface area contributed by atoms with Gasteiger partial charge in [0.25, 0.3) is 5.69 Å². The molecule has 2 aromatic rings. The zero-order chi connectivity index (χ0) is 17.7. The topological polar surface area (TPSA) is 81.5 Å². The first-order valence-electron chi connectivity index (χ1n) is 6.97. The molecule has 1 N–H and O–H groups in total. The van der Waals surface area contributed by atoms with Crippen LogP contribution in [0.5, 0.6) is 5.75 Å². The van der Waals surface area contributed by atoms with Crippen LogP contribution in [0.1, 0.15) is 6.92 Å². The van der Waals surface area contributed by atoms with E-state index in [0.29, 0.717) is 10.7 Å². The highest BCUT2D eigenvalue weighted by molar-refractivity contribution is 8.00. The van der Waals surface area contributed by atoms with Crippen LogP contribution < -0.4 is 10.1 Å². The zero-order valence-corrected chi connectivity index (χ0v) is 14.6. The molecular formula is C16H15ClN2O4S. The molecule has 0 aromatic heterocycles. The van der Waals surface area contributed by atoms with Crippen molar-refractivity contribution >= 4 is 40.6 Å². The minimum atomic E-state index is -0.524. The molecule has 6 nitrogen and oxygen atoms in total. The molecule has 1 atom stereocenters. The van der Waals surface area contributed by atoms with Crippen LogP contribution in [0.25, 0.3) is 0 Å². The molecule has 126 valence electrons. The highest BCUT2D eigenvalue weighted by Crippen LogP contribution is 2.32. The summed E-state index contributed by atoms with van der Waals surface area (Å²) in [6.07, 6.45) is 0. The SMILES string of the molecule is COc1cc([N+](=O)[O-])ccc1NC(=O)[C@H](C)Sc1ccccc1Cl. The van der Waals surface area contributed by atoms with Crippen LogP contribution in [-0.2, 0) is 4.79 Å². The number of nitro benzene ring substituents is 1. The minimum Gasteiger partial charge on any atom is -0.494 e. The average molecular weight is 367 g/mol. The Balaban J connectivity index is 2.11. The molecule has 0 radical (unpaired) electrons. The fourth-order valence-electron chi connectivity index (χ4n) is 1.92. The first kappa shape index (κ1) is 18.1. The zero-order valence-electron chi connectivity index (χ0n) is 13.0. The molecule has 0 heterocycles. The van der Waals surface area contributed by atoms with Gasteiger partial charge in [0.2, 0.25) is 5.91 Å². The Labute approximate surface area is 148 Å². The van der Waals surface area contributed by atoms with E-state index in [0.717, 1.165) is 4.90 Å². The number of benzene rings is 2. The largest absolute Gasteiger partial charge is 0.494 e. The number of methoxy groups -OCH3 is 1. The van der Waals surface area contributed by atoms with Gasteiger partial charge in [0.1, 0.15) is 5.75 Å². The van der Waals surface area contributed by atoms with Gasteiger partial charge in [-0.05, 0) is 25.1 Å². The Bertz CT molecular complexity index is 769. The fourth-order valence-corrected chi connectivity index (χ4v) is 3.07.